The predicted molar refractivity (Wildman–Crippen MR) is 92.2 cm³/mol. The number of rotatable bonds is 2. The van der Waals surface area contributed by atoms with Gasteiger partial charge in [-0.15, -0.1) is 16.4 Å². The average molecular weight is 320 g/mol. The zero-order chi connectivity index (χ0) is 15.6. The second-order valence-corrected chi connectivity index (χ2v) is 7.51. The minimum absolute atomic E-state index is 0.437. The molecule has 1 fully saturated rings. The Morgan fingerprint density at radius 2 is 1.96 bits per heavy atom. The zero-order valence-corrected chi connectivity index (χ0v) is 13.8. The summed E-state index contributed by atoms with van der Waals surface area (Å²) in [6, 6.07) is 10.7. The molecule has 1 aliphatic rings. The van der Waals surface area contributed by atoms with Crippen molar-refractivity contribution in [2.45, 2.75) is 32.1 Å². The van der Waals surface area contributed by atoms with Gasteiger partial charge in [0, 0.05) is 10.8 Å². The SMILES string of the molecule is Cc1sc2ncn3nc([C@@H]4C[C@H]4c4ccccc4)nc3c2c1C. The van der Waals surface area contributed by atoms with Crippen LogP contribution in [0.5, 0.6) is 0 Å². The van der Waals surface area contributed by atoms with Gasteiger partial charge in [-0.2, -0.15) is 0 Å². The summed E-state index contributed by atoms with van der Waals surface area (Å²) in [5.41, 5.74) is 3.62. The van der Waals surface area contributed by atoms with Gasteiger partial charge in [0.25, 0.3) is 0 Å². The van der Waals surface area contributed by atoms with E-state index >= 15 is 0 Å². The van der Waals surface area contributed by atoms with Crippen LogP contribution in [-0.4, -0.2) is 19.6 Å². The molecule has 4 aromatic rings. The lowest BCUT2D eigenvalue weighted by Gasteiger charge is -1.96. The lowest BCUT2D eigenvalue weighted by Crippen LogP contribution is -1.91. The number of aromatic nitrogens is 4. The van der Waals surface area contributed by atoms with E-state index in [0.717, 1.165) is 28.1 Å². The van der Waals surface area contributed by atoms with Crippen LogP contribution < -0.4 is 0 Å². The van der Waals surface area contributed by atoms with Gasteiger partial charge in [0.15, 0.2) is 11.5 Å². The van der Waals surface area contributed by atoms with E-state index in [-0.39, 0.29) is 0 Å². The van der Waals surface area contributed by atoms with E-state index in [9.17, 15) is 0 Å². The first kappa shape index (κ1) is 13.2. The van der Waals surface area contributed by atoms with E-state index in [1.807, 2.05) is 4.52 Å². The highest BCUT2D eigenvalue weighted by Crippen LogP contribution is 2.53. The number of thiophene rings is 1. The molecule has 0 saturated heterocycles. The summed E-state index contributed by atoms with van der Waals surface area (Å²) in [5.74, 6) is 1.95. The van der Waals surface area contributed by atoms with Gasteiger partial charge in [-0.1, -0.05) is 30.3 Å². The van der Waals surface area contributed by atoms with E-state index in [0.29, 0.717) is 11.8 Å². The van der Waals surface area contributed by atoms with Crippen LogP contribution >= 0.6 is 11.3 Å². The Morgan fingerprint density at radius 1 is 1.13 bits per heavy atom. The maximum absolute atomic E-state index is 4.87. The Balaban J connectivity index is 1.60. The molecule has 3 aromatic heterocycles. The van der Waals surface area contributed by atoms with Crippen molar-refractivity contribution >= 4 is 27.2 Å². The molecule has 0 spiro atoms. The molecule has 5 heteroatoms. The molecule has 0 amide bonds. The molecule has 1 aliphatic carbocycles. The summed E-state index contributed by atoms with van der Waals surface area (Å²) in [6.45, 7) is 4.29. The van der Waals surface area contributed by atoms with E-state index in [2.05, 4.69) is 49.2 Å². The minimum Gasteiger partial charge on any atom is -0.225 e. The fraction of sp³-hybridized carbons (Fsp3) is 0.278. The molecule has 0 unspecified atom stereocenters. The maximum atomic E-state index is 4.87. The van der Waals surface area contributed by atoms with E-state index in [1.165, 1.54) is 16.0 Å². The molecular formula is C18H16N4S. The standard InChI is InChI=1S/C18H16N4S/c1-10-11(2)23-18-15(10)17-20-16(21-22(17)9-19-18)14-8-13(14)12-6-4-3-5-7-12/h3-7,9,13-14H,8H2,1-2H3/t13-,14+/m0/s1. The fourth-order valence-corrected chi connectivity index (χ4v) is 4.36. The third-order valence-corrected chi connectivity index (χ3v) is 5.99. The molecule has 5 rings (SSSR count). The van der Waals surface area contributed by atoms with Crippen LogP contribution in [0.4, 0.5) is 0 Å². The Morgan fingerprint density at radius 3 is 2.78 bits per heavy atom. The van der Waals surface area contributed by atoms with Gasteiger partial charge in [-0.05, 0) is 37.3 Å². The third kappa shape index (κ3) is 1.93. The summed E-state index contributed by atoms with van der Waals surface area (Å²) in [7, 11) is 0. The van der Waals surface area contributed by atoms with Crippen LogP contribution in [0, 0.1) is 13.8 Å². The van der Waals surface area contributed by atoms with Gasteiger partial charge < -0.3 is 0 Å². The highest BCUT2D eigenvalue weighted by molar-refractivity contribution is 7.18. The second kappa shape index (κ2) is 4.61. The Kier molecular flexibility index (Phi) is 2.65. The lowest BCUT2D eigenvalue weighted by atomic mass is 10.1. The number of hydrogen-bond donors (Lipinski definition) is 0. The summed E-state index contributed by atoms with van der Waals surface area (Å²) in [4.78, 5) is 11.8. The molecule has 2 atom stereocenters. The maximum Gasteiger partial charge on any atom is 0.167 e. The van der Waals surface area contributed by atoms with Crippen molar-refractivity contribution in [3.8, 4) is 0 Å². The quantitative estimate of drug-likeness (QED) is 0.555. The van der Waals surface area contributed by atoms with Crippen molar-refractivity contribution in [2.24, 2.45) is 0 Å². The first-order valence-corrected chi connectivity index (χ1v) is 8.70. The van der Waals surface area contributed by atoms with Crippen molar-refractivity contribution in [3.05, 3.63) is 58.5 Å². The zero-order valence-electron chi connectivity index (χ0n) is 13.0. The Bertz CT molecular complexity index is 1030. The normalized spacial score (nSPS) is 20.4. The Labute approximate surface area is 137 Å². The van der Waals surface area contributed by atoms with Gasteiger partial charge in [0.05, 0.1) is 5.39 Å². The van der Waals surface area contributed by atoms with Crippen molar-refractivity contribution < 1.29 is 0 Å². The molecule has 0 bridgehead atoms. The van der Waals surface area contributed by atoms with Gasteiger partial charge in [0.1, 0.15) is 11.2 Å². The molecule has 23 heavy (non-hydrogen) atoms. The molecule has 0 aliphatic heterocycles. The number of aryl methyl sites for hydroxylation is 2. The van der Waals surface area contributed by atoms with Gasteiger partial charge >= 0.3 is 0 Å². The summed E-state index contributed by atoms with van der Waals surface area (Å²) in [6.07, 6.45) is 2.93. The van der Waals surface area contributed by atoms with Crippen LogP contribution in [0.25, 0.3) is 15.9 Å². The smallest absolute Gasteiger partial charge is 0.167 e. The van der Waals surface area contributed by atoms with Crippen LogP contribution in [0.3, 0.4) is 0 Å². The van der Waals surface area contributed by atoms with E-state index in [4.69, 9.17) is 10.1 Å². The first-order chi connectivity index (χ1) is 11.2. The number of benzene rings is 1. The predicted octanol–water partition coefficient (Wildman–Crippen LogP) is 4.23. The van der Waals surface area contributed by atoms with Crippen molar-refractivity contribution in [2.75, 3.05) is 0 Å². The van der Waals surface area contributed by atoms with Crippen LogP contribution in [0.2, 0.25) is 0 Å². The van der Waals surface area contributed by atoms with E-state index < -0.39 is 0 Å². The summed E-state index contributed by atoms with van der Waals surface area (Å²) >= 11 is 1.73. The molecule has 3 heterocycles. The number of nitrogens with zero attached hydrogens (tertiary/aromatic N) is 4. The van der Waals surface area contributed by atoms with Gasteiger partial charge in [-0.3, -0.25) is 0 Å². The molecular weight excluding hydrogens is 304 g/mol. The molecule has 4 nitrogen and oxygen atoms in total. The minimum atomic E-state index is 0.437. The van der Waals surface area contributed by atoms with Crippen LogP contribution in [0.1, 0.15) is 40.1 Å². The topological polar surface area (TPSA) is 43.1 Å². The van der Waals surface area contributed by atoms with E-state index in [1.54, 1.807) is 17.7 Å². The number of hydrogen-bond acceptors (Lipinski definition) is 4. The summed E-state index contributed by atoms with van der Waals surface area (Å²) in [5, 5.41) is 5.86. The van der Waals surface area contributed by atoms with Crippen molar-refractivity contribution in [1.29, 1.82) is 0 Å². The highest BCUT2D eigenvalue weighted by Gasteiger charge is 2.42. The van der Waals surface area contributed by atoms with Crippen LogP contribution in [0.15, 0.2) is 36.7 Å². The fourth-order valence-electron chi connectivity index (χ4n) is 3.37. The summed E-state index contributed by atoms with van der Waals surface area (Å²) < 4.78 is 1.84. The van der Waals surface area contributed by atoms with Gasteiger partial charge in [0.2, 0.25) is 0 Å². The largest absolute Gasteiger partial charge is 0.225 e. The van der Waals surface area contributed by atoms with Crippen molar-refractivity contribution in [3.63, 3.8) is 0 Å². The second-order valence-electron chi connectivity index (χ2n) is 6.31. The number of fused-ring (bicyclic) bond motifs is 3. The van der Waals surface area contributed by atoms with Crippen LogP contribution in [-0.2, 0) is 0 Å². The Hall–Kier alpha value is -2.27. The third-order valence-electron chi connectivity index (χ3n) is 4.87. The van der Waals surface area contributed by atoms with Crippen molar-refractivity contribution in [1.82, 2.24) is 19.6 Å². The monoisotopic (exact) mass is 320 g/mol. The highest BCUT2D eigenvalue weighted by atomic mass is 32.1. The molecule has 1 aromatic carbocycles. The molecule has 0 N–H and O–H groups in total. The van der Waals surface area contributed by atoms with Gasteiger partial charge in [-0.25, -0.2) is 14.5 Å². The molecule has 114 valence electrons. The molecule has 1 saturated carbocycles. The lowest BCUT2D eigenvalue weighted by molar-refractivity contribution is 0.850. The molecule has 0 radical (unpaired) electrons. The first-order valence-electron chi connectivity index (χ1n) is 7.88. The average Bonchev–Trinajstić information content (AvgIpc) is 3.17.